The van der Waals surface area contributed by atoms with Crippen LogP contribution in [0.5, 0.6) is 0 Å². The molecule has 0 nitrogen and oxygen atoms in total. The molecule has 0 radical (unpaired) electrons. The Balaban J connectivity index is 1.58. The van der Waals surface area contributed by atoms with E-state index >= 15 is 0 Å². The van der Waals surface area contributed by atoms with E-state index < -0.39 is 0 Å². The Labute approximate surface area is 132 Å². The van der Waals surface area contributed by atoms with E-state index in [4.69, 9.17) is 0 Å². The highest BCUT2D eigenvalue weighted by Crippen LogP contribution is 2.61. The van der Waals surface area contributed by atoms with Gasteiger partial charge in [-0.3, -0.25) is 0 Å². The number of hydrogen-bond acceptors (Lipinski definition) is 0. The van der Waals surface area contributed by atoms with Crippen LogP contribution >= 0.6 is 0 Å². The minimum atomic E-state index is 1.02. The summed E-state index contributed by atoms with van der Waals surface area (Å²) in [6, 6.07) is 0. The average molecular weight is 289 g/mol. The van der Waals surface area contributed by atoms with Gasteiger partial charge in [-0.1, -0.05) is 65.2 Å². The van der Waals surface area contributed by atoms with E-state index in [0.29, 0.717) is 0 Å². The molecular weight excluding hydrogens is 252 g/mol. The Morgan fingerprint density at radius 2 is 1.14 bits per heavy atom. The maximum absolute atomic E-state index is 2.67. The molecule has 0 heterocycles. The zero-order chi connectivity index (χ0) is 14.4. The van der Waals surface area contributed by atoms with Crippen LogP contribution in [0.25, 0.3) is 0 Å². The van der Waals surface area contributed by atoms with Crippen LogP contribution in [0.15, 0.2) is 0 Å². The van der Waals surface area contributed by atoms with Crippen molar-refractivity contribution >= 4 is 0 Å². The standard InChI is InChI=1S/C21H36/c1-14-8-6-12-18-19-13-7-11-17(16-9-4-3-5-10-16)21(19)15(2)20(14)18/h14-21H,3-13H2,1-2H3. The van der Waals surface area contributed by atoms with Gasteiger partial charge in [-0.05, 0) is 66.6 Å². The van der Waals surface area contributed by atoms with Crippen molar-refractivity contribution in [3.8, 4) is 0 Å². The molecule has 120 valence electrons. The van der Waals surface area contributed by atoms with Gasteiger partial charge in [0.25, 0.3) is 0 Å². The van der Waals surface area contributed by atoms with Crippen LogP contribution in [-0.4, -0.2) is 0 Å². The molecule has 4 rings (SSSR count). The number of rotatable bonds is 1. The molecule has 0 aromatic heterocycles. The minimum Gasteiger partial charge on any atom is -0.0622 e. The Hall–Kier alpha value is 0. The van der Waals surface area contributed by atoms with Crippen molar-refractivity contribution in [1.82, 2.24) is 0 Å². The SMILES string of the molecule is CC1CCCC2C3CCCC(C4CCCCC4)C3C(C)C12. The molecular formula is C21H36. The lowest BCUT2D eigenvalue weighted by Crippen LogP contribution is -2.35. The minimum absolute atomic E-state index is 1.02. The van der Waals surface area contributed by atoms with Gasteiger partial charge in [0.1, 0.15) is 0 Å². The molecule has 7 atom stereocenters. The normalized spacial score (nSPS) is 51.4. The first kappa shape index (κ1) is 14.6. The van der Waals surface area contributed by atoms with Gasteiger partial charge >= 0.3 is 0 Å². The molecule has 0 spiro atoms. The Morgan fingerprint density at radius 1 is 0.524 bits per heavy atom. The highest BCUT2D eigenvalue weighted by atomic mass is 14.6. The molecule has 4 aliphatic carbocycles. The zero-order valence-corrected chi connectivity index (χ0v) is 14.4. The van der Waals surface area contributed by atoms with Crippen molar-refractivity contribution in [2.75, 3.05) is 0 Å². The molecule has 0 bridgehead atoms. The lowest BCUT2D eigenvalue weighted by Gasteiger charge is -2.43. The van der Waals surface area contributed by atoms with Crippen LogP contribution in [-0.2, 0) is 0 Å². The quantitative estimate of drug-likeness (QED) is 0.531. The topological polar surface area (TPSA) is 0 Å². The van der Waals surface area contributed by atoms with Crippen LogP contribution in [0, 0.1) is 47.3 Å². The molecule has 7 unspecified atom stereocenters. The fraction of sp³-hybridized carbons (Fsp3) is 1.00. The summed E-state index contributed by atoms with van der Waals surface area (Å²) >= 11 is 0. The van der Waals surface area contributed by atoms with E-state index in [9.17, 15) is 0 Å². The van der Waals surface area contributed by atoms with Crippen molar-refractivity contribution in [2.24, 2.45) is 47.3 Å². The van der Waals surface area contributed by atoms with Crippen LogP contribution in [0.4, 0.5) is 0 Å². The summed E-state index contributed by atoms with van der Waals surface area (Å²) in [5.74, 6) is 8.78. The molecule has 0 amide bonds. The van der Waals surface area contributed by atoms with E-state index in [-0.39, 0.29) is 0 Å². The molecule has 21 heavy (non-hydrogen) atoms. The van der Waals surface area contributed by atoms with Crippen molar-refractivity contribution in [3.05, 3.63) is 0 Å². The highest BCUT2D eigenvalue weighted by Gasteiger charge is 2.54. The largest absolute Gasteiger partial charge is 0.0622 e. The first-order valence-corrected chi connectivity index (χ1v) is 10.3. The van der Waals surface area contributed by atoms with E-state index in [1.807, 2.05) is 0 Å². The molecule has 0 aliphatic heterocycles. The third-order valence-corrected chi connectivity index (χ3v) is 8.43. The molecule has 0 saturated heterocycles. The molecule has 4 aliphatic rings. The van der Waals surface area contributed by atoms with Gasteiger partial charge in [0.2, 0.25) is 0 Å². The van der Waals surface area contributed by atoms with Crippen LogP contribution in [0.2, 0.25) is 0 Å². The van der Waals surface area contributed by atoms with E-state index in [0.717, 1.165) is 47.3 Å². The molecule has 4 fully saturated rings. The average Bonchev–Trinajstić information content (AvgIpc) is 2.83. The van der Waals surface area contributed by atoms with Gasteiger partial charge in [-0.15, -0.1) is 0 Å². The van der Waals surface area contributed by atoms with Gasteiger partial charge in [-0.25, -0.2) is 0 Å². The van der Waals surface area contributed by atoms with Gasteiger partial charge in [0.05, 0.1) is 0 Å². The third-order valence-electron chi connectivity index (χ3n) is 8.43. The Bertz CT molecular complexity index is 353. The van der Waals surface area contributed by atoms with Gasteiger partial charge in [0.15, 0.2) is 0 Å². The predicted octanol–water partition coefficient (Wildman–Crippen LogP) is 6.30. The van der Waals surface area contributed by atoms with Crippen LogP contribution in [0.1, 0.15) is 84.5 Å². The van der Waals surface area contributed by atoms with Crippen LogP contribution in [0.3, 0.4) is 0 Å². The Morgan fingerprint density at radius 3 is 1.90 bits per heavy atom. The zero-order valence-electron chi connectivity index (χ0n) is 14.4. The third kappa shape index (κ3) is 2.40. The second-order valence-corrected chi connectivity index (χ2v) is 9.24. The second kappa shape index (κ2) is 5.89. The van der Waals surface area contributed by atoms with E-state index in [2.05, 4.69) is 13.8 Å². The summed E-state index contributed by atoms with van der Waals surface area (Å²) in [7, 11) is 0. The summed E-state index contributed by atoms with van der Waals surface area (Å²) in [4.78, 5) is 0. The number of fused-ring (bicyclic) bond motifs is 3. The summed E-state index contributed by atoms with van der Waals surface area (Å²) in [6.45, 7) is 5.26. The lowest BCUT2D eigenvalue weighted by atomic mass is 9.62. The van der Waals surface area contributed by atoms with Gasteiger partial charge in [-0.2, -0.15) is 0 Å². The fourth-order valence-corrected chi connectivity index (χ4v) is 7.83. The first-order chi connectivity index (χ1) is 10.3. The van der Waals surface area contributed by atoms with E-state index in [1.54, 1.807) is 38.5 Å². The van der Waals surface area contributed by atoms with Crippen molar-refractivity contribution < 1.29 is 0 Å². The maximum atomic E-state index is 2.67. The smallest absolute Gasteiger partial charge is 0.0323 e. The summed E-state index contributed by atoms with van der Waals surface area (Å²) in [5, 5.41) is 0. The van der Waals surface area contributed by atoms with Crippen molar-refractivity contribution in [1.29, 1.82) is 0 Å². The molecule has 0 aromatic rings. The van der Waals surface area contributed by atoms with Gasteiger partial charge in [0, 0.05) is 0 Å². The van der Waals surface area contributed by atoms with Crippen molar-refractivity contribution in [2.45, 2.75) is 84.5 Å². The van der Waals surface area contributed by atoms with Crippen LogP contribution < -0.4 is 0 Å². The summed E-state index contributed by atoms with van der Waals surface area (Å²) in [5.41, 5.74) is 0. The van der Waals surface area contributed by atoms with E-state index in [1.165, 1.54) is 32.1 Å². The summed E-state index contributed by atoms with van der Waals surface area (Å²) in [6.07, 6.45) is 17.1. The second-order valence-electron chi connectivity index (χ2n) is 9.24. The summed E-state index contributed by atoms with van der Waals surface area (Å²) < 4.78 is 0. The fourth-order valence-electron chi connectivity index (χ4n) is 7.83. The monoisotopic (exact) mass is 288 g/mol. The van der Waals surface area contributed by atoms with Gasteiger partial charge < -0.3 is 0 Å². The molecule has 0 heteroatoms. The molecule has 0 aromatic carbocycles. The Kier molecular flexibility index (Phi) is 4.09. The van der Waals surface area contributed by atoms with Crippen molar-refractivity contribution in [3.63, 3.8) is 0 Å². The first-order valence-electron chi connectivity index (χ1n) is 10.3. The highest BCUT2D eigenvalue weighted by molar-refractivity contribution is 5.03. The molecule has 4 saturated carbocycles. The number of hydrogen-bond donors (Lipinski definition) is 0. The maximum Gasteiger partial charge on any atom is -0.0323 e. The lowest BCUT2D eigenvalue weighted by molar-refractivity contribution is 0.0649. The molecule has 0 N–H and O–H groups in total. The predicted molar refractivity (Wildman–Crippen MR) is 90.1 cm³/mol.